The lowest BCUT2D eigenvalue weighted by molar-refractivity contribution is -0.639. The highest BCUT2D eigenvalue weighted by Gasteiger charge is 3.11. The Morgan fingerprint density at radius 2 is 1.76 bits per heavy atom. The number of hydrogen-bond acceptors (Lipinski definition) is 7. The van der Waals surface area contributed by atoms with Gasteiger partial charge in [-0.2, -0.15) is 5.10 Å². The molecule has 12 nitrogen and oxygen atoms in total. The lowest BCUT2D eigenvalue weighted by atomic mass is 8.92. The van der Waals surface area contributed by atoms with E-state index in [1.165, 1.54) is 10.6 Å². The van der Waals surface area contributed by atoms with Crippen molar-refractivity contribution in [3.63, 3.8) is 0 Å². The summed E-state index contributed by atoms with van der Waals surface area (Å²) in [5.74, 6) is 0.808. The summed E-state index contributed by atoms with van der Waals surface area (Å²) in [7, 11) is 5.24. The average molecular weight is 572 g/mol. The molecular weight excluding hydrogens is 545 g/mol. The van der Waals surface area contributed by atoms with Crippen LogP contribution in [-0.4, -0.2) is 62.4 Å². The van der Waals surface area contributed by atoms with Crippen LogP contribution < -0.4 is 16.4 Å². The molecule has 6 saturated carbocycles. The second kappa shape index (κ2) is 7.26. The Balaban J connectivity index is 0.924. The molecular formula is C29H26FN7O5. The first-order chi connectivity index (χ1) is 20.1. The van der Waals surface area contributed by atoms with Crippen molar-refractivity contribution >= 4 is 34.5 Å². The highest BCUT2D eigenvalue weighted by molar-refractivity contribution is 5.98. The molecule has 3 heterocycles. The van der Waals surface area contributed by atoms with Crippen molar-refractivity contribution in [1.29, 1.82) is 0 Å². The number of oxazole rings is 1. The van der Waals surface area contributed by atoms with E-state index in [1.54, 1.807) is 30.1 Å². The summed E-state index contributed by atoms with van der Waals surface area (Å²) < 4.78 is 22.2. The van der Waals surface area contributed by atoms with Gasteiger partial charge < -0.3 is 20.0 Å². The minimum Gasteiger partial charge on any atom is -0.408 e. The Morgan fingerprint density at radius 1 is 1.05 bits per heavy atom. The van der Waals surface area contributed by atoms with Gasteiger partial charge in [0.1, 0.15) is 11.4 Å². The van der Waals surface area contributed by atoms with E-state index in [4.69, 9.17) is 4.42 Å². The SMILES string of the molecule is CN(C)C(=O)C12C3C4C1C1C2C3C41CNC(=O)c1cc(C(=O)NCc2ccc3oc(=O)n(C)c3c2)nc2c(F)cnn12. The van der Waals surface area contributed by atoms with E-state index in [0.717, 1.165) is 10.7 Å². The van der Waals surface area contributed by atoms with E-state index in [1.807, 2.05) is 14.1 Å². The first-order valence-corrected chi connectivity index (χ1v) is 14.0. The molecule has 0 bridgehead atoms. The third-order valence-electron chi connectivity index (χ3n) is 11.4. The highest BCUT2D eigenvalue weighted by atomic mass is 19.1. The summed E-state index contributed by atoms with van der Waals surface area (Å²) in [5, 5.41) is 9.76. The van der Waals surface area contributed by atoms with Crippen LogP contribution in [0.25, 0.3) is 16.7 Å². The standard InChI is InChI=1S/C29H26FN7O5/c1-35(2)26(40)29-20-17-21(29)19-22(29)18(20)28(17,19)10-32-25(39)15-7-13(34-23-12(30)9-33-37(15)23)24(38)31-8-11-4-5-16-14(6-11)36(3)27(41)42-16/h4-7,9,17-22H,8,10H2,1-3H3,(H,31,38)(H,32,39). The van der Waals surface area contributed by atoms with Crippen LogP contribution in [0.5, 0.6) is 0 Å². The number of aromatic nitrogens is 4. The van der Waals surface area contributed by atoms with Crippen LogP contribution in [0.4, 0.5) is 4.39 Å². The number of halogens is 1. The monoisotopic (exact) mass is 571 g/mol. The van der Waals surface area contributed by atoms with Crippen molar-refractivity contribution in [2.24, 2.45) is 53.4 Å². The fourth-order valence-corrected chi connectivity index (χ4v) is 10.0. The molecule has 0 aliphatic heterocycles. The molecule has 13 heteroatoms. The van der Waals surface area contributed by atoms with Gasteiger partial charge in [0.25, 0.3) is 11.8 Å². The molecule has 6 aliphatic rings. The number of nitrogens with zero attached hydrogens (tertiary/aromatic N) is 5. The second-order valence-electron chi connectivity index (χ2n) is 12.7. The number of fused-ring (bicyclic) bond motifs is 2. The van der Waals surface area contributed by atoms with Crippen LogP contribution in [0.15, 0.2) is 39.7 Å². The van der Waals surface area contributed by atoms with Crippen LogP contribution >= 0.6 is 0 Å². The quantitative estimate of drug-likeness (QED) is 0.334. The molecule has 6 fully saturated rings. The van der Waals surface area contributed by atoms with Gasteiger partial charge in [-0.1, -0.05) is 6.07 Å². The number of benzene rings is 1. The molecule has 2 N–H and O–H groups in total. The molecule has 214 valence electrons. The predicted octanol–water partition coefficient (Wildman–Crippen LogP) is 0.799. The van der Waals surface area contributed by atoms with E-state index in [2.05, 4.69) is 20.7 Å². The Labute approximate surface area is 236 Å². The van der Waals surface area contributed by atoms with Gasteiger partial charge in [0.05, 0.1) is 17.1 Å². The lowest BCUT2D eigenvalue weighted by Gasteiger charge is -3.10. The van der Waals surface area contributed by atoms with Crippen molar-refractivity contribution < 1.29 is 23.2 Å². The maximum Gasteiger partial charge on any atom is 0.419 e. The number of rotatable bonds is 7. The van der Waals surface area contributed by atoms with E-state index in [0.29, 0.717) is 58.7 Å². The van der Waals surface area contributed by atoms with Gasteiger partial charge in [-0.05, 0) is 58.6 Å². The zero-order valence-corrected chi connectivity index (χ0v) is 22.9. The number of carbonyl (C=O) groups excluding carboxylic acids is 3. The summed E-state index contributed by atoms with van der Waals surface area (Å²) in [6.07, 6.45) is 0.963. The Kier molecular flexibility index (Phi) is 4.16. The average Bonchev–Trinajstić information content (AvgIpc) is 3.51. The summed E-state index contributed by atoms with van der Waals surface area (Å²) in [4.78, 5) is 57.0. The normalized spacial score (nSPS) is 33.5. The maximum atomic E-state index is 14.6. The maximum absolute atomic E-state index is 14.6. The van der Waals surface area contributed by atoms with Crippen LogP contribution in [0.2, 0.25) is 0 Å². The predicted molar refractivity (Wildman–Crippen MR) is 142 cm³/mol. The summed E-state index contributed by atoms with van der Waals surface area (Å²) in [5.41, 5.74) is 1.36. The van der Waals surface area contributed by atoms with Gasteiger partial charge in [-0.25, -0.2) is 18.7 Å². The van der Waals surface area contributed by atoms with Crippen LogP contribution in [0.3, 0.4) is 0 Å². The topological polar surface area (TPSA) is 144 Å². The van der Waals surface area contributed by atoms with E-state index in [-0.39, 0.29) is 40.3 Å². The van der Waals surface area contributed by atoms with Gasteiger partial charge in [-0.15, -0.1) is 0 Å². The molecule has 0 unspecified atom stereocenters. The minimum atomic E-state index is -0.748. The minimum absolute atomic E-state index is 0.0139. The fourth-order valence-electron chi connectivity index (χ4n) is 10.0. The highest BCUT2D eigenvalue weighted by Crippen LogP contribution is 3.10. The Morgan fingerprint density at radius 3 is 2.45 bits per heavy atom. The second-order valence-corrected chi connectivity index (χ2v) is 12.7. The fraction of sp³-hybridized carbons (Fsp3) is 0.448. The molecule has 42 heavy (non-hydrogen) atoms. The molecule has 6 aliphatic carbocycles. The first kappa shape index (κ1) is 24.1. The van der Waals surface area contributed by atoms with Crippen molar-refractivity contribution in [3.05, 3.63) is 63.8 Å². The van der Waals surface area contributed by atoms with Crippen molar-refractivity contribution in [3.8, 4) is 0 Å². The molecule has 10 rings (SSSR count). The van der Waals surface area contributed by atoms with Crippen molar-refractivity contribution in [1.82, 2.24) is 34.7 Å². The van der Waals surface area contributed by atoms with Gasteiger partial charge in [0, 0.05) is 40.3 Å². The molecule has 3 amide bonds. The third kappa shape index (κ3) is 2.33. The third-order valence-corrected chi connectivity index (χ3v) is 11.4. The number of nitrogens with one attached hydrogen (secondary N) is 2. The summed E-state index contributed by atoms with van der Waals surface area (Å²) in [6, 6.07) is 6.42. The van der Waals surface area contributed by atoms with Crippen LogP contribution in [0, 0.1) is 52.2 Å². The first-order valence-electron chi connectivity index (χ1n) is 14.0. The largest absolute Gasteiger partial charge is 0.419 e. The molecule has 1 aromatic carbocycles. The number of carbonyl (C=O) groups is 3. The number of amides is 3. The summed E-state index contributed by atoms with van der Waals surface area (Å²) in [6.45, 7) is 0.605. The Hall–Kier alpha value is -4.55. The molecule has 0 saturated heterocycles. The molecule has 0 spiro atoms. The molecule has 0 radical (unpaired) electrons. The zero-order chi connectivity index (χ0) is 29.0. The molecule has 4 aromatic rings. The van der Waals surface area contributed by atoms with Crippen molar-refractivity contribution in [2.75, 3.05) is 20.6 Å². The van der Waals surface area contributed by atoms with Gasteiger partial charge in [0.2, 0.25) is 5.91 Å². The molecule has 3 aromatic heterocycles. The van der Waals surface area contributed by atoms with E-state index < -0.39 is 23.4 Å². The van der Waals surface area contributed by atoms with Crippen molar-refractivity contribution in [2.45, 2.75) is 6.54 Å². The van der Waals surface area contributed by atoms with E-state index in [9.17, 15) is 23.6 Å². The summed E-state index contributed by atoms with van der Waals surface area (Å²) >= 11 is 0. The van der Waals surface area contributed by atoms with Crippen LogP contribution in [-0.2, 0) is 18.4 Å². The smallest absolute Gasteiger partial charge is 0.408 e. The Bertz CT molecular complexity index is 1950. The van der Waals surface area contributed by atoms with Gasteiger partial charge in [-0.3, -0.25) is 19.0 Å². The molecule has 0 atom stereocenters. The number of aryl methyl sites for hydroxylation is 1. The van der Waals surface area contributed by atoms with Crippen LogP contribution in [0.1, 0.15) is 26.5 Å². The zero-order valence-electron chi connectivity index (χ0n) is 22.9. The lowest BCUT2D eigenvalue weighted by Crippen LogP contribution is -3.12. The van der Waals surface area contributed by atoms with Gasteiger partial charge >= 0.3 is 5.76 Å². The van der Waals surface area contributed by atoms with Gasteiger partial charge in [0.15, 0.2) is 17.0 Å². The van der Waals surface area contributed by atoms with E-state index >= 15 is 0 Å². The number of hydrogen-bond donors (Lipinski definition) is 2.